The van der Waals surface area contributed by atoms with Crippen LogP contribution in [-0.4, -0.2) is 22.5 Å². The Morgan fingerprint density at radius 1 is 0.682 bits per heavy atom. The van der Waals surface area contributed by atoms with Crippen molar-refractivity contribution in [1.29, 1.82) is 0 Å². The van der Waals surface area contributed by atoms with Gasteiger partial charge >= 0.3 is 0 Å². The van der Waals surface area contributed by atoms with E-state index in [9.17, 15) is 0 Å². The van der Waals surface area contributed by atoms with Gasteiger partial charge in [0.1, 0.15) is 0 Å². The summed E-state index contributed by atoms with van der Waals surface area (Å²) in [6.07, 6.45) is 20.1. The Balaban J connectivity index is 0.00000242. The Morgan fingerprint density at radius 3 is 1.36 bits per heavy atom. The highest BCUT2D eigenvalue weighted by Crippen LogP contribution is 2.42. The lowest BCUT2D eigenvalue weighted by atomic mass is 9.81. The van der Waals surface area contributed by atoms with E-state index in [-0.39, 0.29) is 17.0 Å². The van der Waals surface area contributed by atoms with Crippen LogP contribution >= 0.6 is 17.0 Å². The van der Waals surface area contributed by atoms with E-state index in [1.807, 2.05) is 0 Å². The molecule has 0 spiro atoms. The molecule has 0 amide bonds. The quantitative estimate of drug-likeness (QED) is 0.474. The highest BCUT2D eigenvalue weighted by molar-refractivity contribution is 8.93. The van der Waals surface area contributed by atoms with E-state index in [4.69, 9.17) is 0 Å². The third-order valence-electron chi connectivity index (χ3n) is 6.40. The van der Waals surface area contributed by atoms with Gasteiger partial charge in [-0.05, 0) is 52.5 Å². The highest BCUT2D eigenvalue weighted by Gasteiger charge is 2.42. The first-order chi connectivity index (χ1) is 10.1. The van der Waals surface area contributed by atoms with Crippen molar-refractivity contribution in [2.75, 3.05) is 6.54 Å². The molecule has 2 heteroatoms. The van der Waals surface area contributed by atoms with E-state index in [2.05, 4.69) is 25.7 Å². The zero-order chi connectivity index (χ0) is 15.2. The zero-order valence-electron chi connectivity index (χ0n) is 15.5. The van der Waals surface area contributed by atoms with Crippen molar-refractivity contribution in [2.45, 2.75) is 122 Å². The predicted molar refractivity (Wildman–Crippen MR) is 104 cm³/mol. The molecule has 0 radical (unpaired) electrons. The second kappa shape index (κ2) is 9.67. The summed E-state index contributed by atoms with van der Waals surface area (Å²) < 4.78 is 0. The van der Waals surface area contributed by atoms with Gasteiger partial charge in [-0.1, -0.05) is 64.7 Å². The van der Waals surface area contributed by atoms with Crippen LogP contribution in [0.4, 0.5) is 0 Å². The molecule has 2 fully saturated rings. The second-order valence-corrected chi connectivity index (χ2v) is 8.33. The minimum Gasteiger partial charge on any atom is -0.293 e. The minimum absolute atomic E-state index is 0. The average molecular weight is 374 g/mol. The summed E-state index contributed by atoms with van der Waals surface area (Å²) in [5.41, 5.74) is 0.954. The van der Waals surface area contributed by atoms with Crippen LogP contribution in [0.15, 0.2) is 0 Å². The van der Waals surface area contributed by atoms with Gasteiger partial charge in [0.15, 0.2) is 0 Å². The monoisotopic (exact) mass is 373 g/mol. The summed E-state index contributed by atoms with van der Waals surface area (Å²) in [6, 6.07) is 0. The summed E-state index contributed by atoms with van der Waals surface area (Å²) in [5.74, 6) is 0. The maximum Gasteiger partial charge on any atom is 0.0186 e. The van der Waals surface area contributed by atoms with Crippen LogP contribution in [-0.2, 0) is 0 Å². The number of nitrogens with zero attached hydrogens (tertiary/aromatic N) is 1. The largest absolute Gasteiger partial charge is 0.293 e. The molecule has 0 heterocycles. The topological polar surface area (TPSA) is 3.24 Å². The lowest BCUT2D eigenvalue weighted by Crippen LogP contribution is -2.58. The van der Waals surface area contributed by atoms with Crippen LogP contribution in [0, 0.1) is 0 Å². The molecule has 0 aromatic carbocycles. The summed E-state index contributed by atoms with van der Waals surface area (Å²) >= 11 is 0. The number of hydrogen-bond acceptors (Lipinski definition) is 1. The van der Waals surface area contributed by atoms with Gasteiger partial charge in [-0.3, -0.25) is 4.90 Å². The molecule has 1 nitrogen and oxygen atoms in total. The first kappa shape index (κ1) is 20.5. The molecule has 0 aliphatic heterocycles. The fourth-order valence-electron chi connectivity index (χ4n) is 5.03. The van der Waals surface area contributed by atoms with Crippen molar-refractivity contribution in [1.82, 2.24) is 4.90 Å². The van der Waals surface area contributed by atoms with Crippen LogP contribution in [0.5, 0.6) is 0 Å². The molecule has 0 saturated heterocycles. The third kappa shape index (κ3) is 5.23. The van der Waals surface area contributed by atoms with Crippen molar-refractivity contribution in [2.24, 2.45) is 0 Å². The zero-order valence-corrected chi connectivity index (χ0v) is 17.2. The number of unbranched alkanes of at least 4 members (excludes halogenated alkanes) is 1. The Kier molecular flexibility index (Phi) is 9.00. The Morgan fingerprint density at radius 2 is 1.05 bits per heavy atom. The smallest absolute Gasteiger partial charge is 0.0186 e. The first-order valence-corrected chi connectivity index (χ1v) is 9.88. The SMILES string of the molecule is Br.CCCCN(C1(C)CCCCCC1)C1(C)CCCCCC1. The van der Waals surface area contributed by atoms with Crippen LogP contribution in [0.1, 0.15) is 111 Å². The number of hydrogen-bond donors (Lipinski definition) is 0. The Bertz CT molecular complexity index is 260. The fraction of sp³-hybridized carbons (Fsp3) is 1.00. The maximum absolute atomic E-state index is 3.01. The van der Waals surface area contributed by atoms with Gasteiger partial charge in [-0.2, -0.15) is 0 Å². The van der Waals surface area contributed by atoms with Gasteiger partial charge < -0.3 is 0 Å². The van der Waals surface area contributed by atoms with Crippen LogP contribution in [0.25, 0.3) is 0 Å². The minimum atomic E-state index is 0. The molecule has 0 bridgehead atoms. The molecule has 0 unspecified atom stereocenters. The van der Waals surface area contributed by atoms with Crippen molar-refractivity contribution >= 4 is 17.0 Å². The van der Waals surface area contributed by atoms with E-state index in [0.717, 1.165) is 0 Å². The summed E-state index contributed by atoms with van der Waals surface area (Å²) in [5, 5.41) is 0. The lowest BCUT2D eigenvalue weighted by molar-refractivity contribution is -0.0237. The molecule has 0 N–H and O–H groups in total. The lowest BCUT2D eigenvalue weighted by Gasteiger charge is -2.52. The Labute approximate surface area is 150 Å². The number of halogens is 1. The van der Waals surface area contributed by atoms with E-state index in [1.165, 1.54) is 96.4 Å². The van der Waals surface area contributed by atoms with Gasteiger partial charge in [0.2, 0.25) is 0 Å². The van der Waals surface area contributed by atoms with E-state index < -0.39 is 0 Å². The molecule has 2 saturated carbocycles. The number of rotatable bonds is 5. The van der Waals surface area contributed by atoms with Gasteiger partial charge in [0.25, 0.3) is 0 Å². The molecular formula is C20H40BrN. The van der Waals surface area contributed by atoms with Crippen molar-refractivity contribution < 1.29 is 0 Å². The van der Waals surface area contributed by atoms with E-state index in [0.29, 0.717) is 11.1 Å². The van der Waals surface area contributed by atoms with Crippen LogP contribution < -0.4 is 0 Å². The van der Waals surface area contributed by atoms with Gasteiger partial charge in [0.05, 0.1) is 0 Å². The van der Waals surface area contributed by atoms with Crippen LogP contribution in [0.2, 0.25) is 0 Å². The highest BCUT2D eigenvalue weighted by atomic mass is 79.9. The van der Waals surface area contributed by atoms with Crippen molar-refractivity contribution in [3.05, 3.63) is 0 Å². The van der Waals surface area contributed by atoms with Crippen molar-refractivity contribution in [3.8, 4) is 0 Å². The van der Waals surface area contributed by atoms with E-state index >= 15 is 0 Å². The predicted octanol–water partition coefficient (Wildman–Crippen LogP) is 6.89. The molecule has 2 aliphatic carbocycles. The summed E-state index contributed by atoms with van der Waals surface area (Å²) in [6.45, 7) is 8.89. The first-order valence-electron chi connectivity index (χ1n) is 9.88. The molecule has 2 rings (SSSR count). The molecule has 0 aromatic rings. The second-order valence-electron chi connectivity index (χ2n) is 8.33. The molecule has 0 aromatic heterocycles. The summed E-state index contributed by atoms with van der Waals surface area (Å²) in [7, 11) is 0. The maximum atomic E-state index is 3.01. The Hall–Kier alpha value is 0.440. The molecular weight excluding hydrogens is 334 g/mol. The van der Waals surface area contributed by atoms with Crippen LogP contribution in [0.3, 0.4) is 0 Å². The molecule has 132 valence electrons. The standard InChI is InChI=1S/C20H39N.BrH/c1-4-5-18-21(19(2)14-10-6-7-11-15-19)20(3)16-12-8-9-13-17-20;/h4-18H2,1-3H3;1H. The summed E-state index contributed by atoms with van der Waals surface area (Å²) in [4.78, 5) is 3.01. The van der Waals surface area contributed by atoms with Gasteiger partial charge in [-0.15, -0.1) is 17.0 Å². The van der Waals surface area contributed by atoms with Crippen molar-refractivity contribution in [3.63, 3.8) is 0 Å². The van der Waals surface area contributed by atoms with Gasteiger partial charge in [0, 0.05) is 11.1 Å². The molecule has 2 aliphatic rings. The normalized spacial score (nSPS) is 25.1. The average Bonchev–Trinajstić information content (AvgIpc) is 2.81. The van der Waals surface area contributed by atoms with Gasteiger partial charge in [-0.25, -0.2) is 0 Å². The molecule has 22 heavy (non-hydrogen) atoms. The molecule has 0 atom stereocenters. The fourth-order valence-corrected chi connectivity index (χ4v) is 5.03. The van der Waals surface area contributed by atoms with E-state index in [1.54, 1.807) is 0 Å². The third-order valence-corrected chi connectivity index (χ3v) is 6.40.